The zero-order chi connectivity index (χ0) is 15.4. The highest BCUT2D eigenvalue weighted by Gasteiger charge is 2.10. The Morgan fingerprint density at radius 1 is 0.905 bits per heavy atom. The molecule has 1 amide bonds. The maximum Gasteiger partial charge on any atom is 0.255 e. The largest absolute Gasteiger partial charge is 0.497 e. The first kappa shape index (κ1) is 15.9. The summed E-state index contributed by atoms with van der Waals surface area (Å²) in [6.45, 7) is 0. The van der Waals surface area contributed by atoms with Crippen LogP contribution in [0.25, 0.3) is 0 Å². The van der Waals surface area contributed by atoms with Crippen molar-refractivity contribution in [2.24, 2.45) is 0 Å². The van der Waals surface area contributed by atoms with E-state index in [4.69, 9.17) is 9.47 Å². The van der Waals surface area contributed by atoms with Gasteiger partial charge >= 0.3 is 0 Å². The van der Waals surface area contributed by atoms with Crippen LogP contribution in [0.15, 0.2) is 45.3 Å². The number of hydrogen-bond donors (Lipinski definition) is 1. The lowest BCUT2D eigenvalue weighted by molar-refractivity contribution is 0.102. The van der Waals surface area contributed by atoms with Crippen molar-refractivity contribution in [3.8, 4) is 11.5 Å². The highest BCUT2D eigenvalue weighted by molar-refractivity contribution is 9.11. The Labute approximate surface area is 139 Å². The first-order valence-electron chi connectivity index (χ1n) is 6.02. The Morgan fingerprint density at radius 3 is 1.90 bits per heavy atom. The molecule has 0 radical (unpaired) electrons. The molecule has 0 saturated heterocycles. The molecule has 0 fully saturated rings. The summed E-state index contributed by atoms with van der Waals surface area (Å²) in [4.78, 5) is 12.3. The molecule has 0 heterocycles. The van der Waals surface area contributed by atoms with E-state index in [-0.39, 0.29) is 5.91 Å². The number of carbonyl (C=O) groups excluding carboxylic acids is 1. The summed E-state index contributed by atoms with van der Waals surface area (Å²) in [5, 5.41) is 2.82. The predicted molar refractivity (Wildman–Crippen MR) is 89.3 cm³/mol. The van der Waals surface area contributed by atoms with Gasteiger partial charge in [-0.3, -0.25) is 4.79 Å². The molecule has 0 aromatic heterocycles. The van der Waals surface area contributed by atoms with Crippen molar-refractivity contribution < 1.29 is 14.3 Å². The Hall–Kier alpha value is -1.53. The van der Waals surface area contributed by atoms with Gasteiger partial charge in [-0.15, -0.1) is 0 Å². The smallest absolute Gasteiger partial charge is 0.255 e. The van der Waals surface area contributed by atoms with Gasteiger partial charge in [0.2, 0.25) is 0 Å². The number of nitrogens with one attached hydrogen (secondary N) is 1. The van der Waals surface area contributed by atoms with Crippen LogP contribution < -0.4 is 14.8 Å². The van der Waals surface area contributed by atoms with Crippen LogP contribution in [0.2, 0.25) is 0 Å². The molecular formula is C15H13Br2NO3. The third-order valence-electron chi connectivity index (χ3n) is 2.73. The number of ether oxygens (including phenoxy) is 2. The molecule has 0 bridgehead atoms. The zero-order valence-electron chi connectivity index (χ0n) is 11.4. The first-order chi connectivity index (χ1) is 10.0. The van der Waals surface area contributed by atoms with Crippen molar-refractivity contribution in [1.29, 1.82) is 0 Å². The van der Waals surface area contributed by atoms with Crippen LogP contribution in [0.4, 0.5) is 5.69 Å². The average Bonchev–Trinajstić information content (AvgIpc) is 2.45. The van der Waals surface area contributed by atoms with Gasteiger partial charge in [-0.2, -0.15) is 0 Å². The minimum absolute atomic E-state index is 0.215. The minimum atomic E-state index is -0.215. The van der Waals surface area contributed by atoms with Crippen molar-refractivity contribution >= 4 is 43.5 Å². The Balaban J connectivity index is 2.26. The number of hydrogen-bond acceptors (Lipinski definition) is 3. The maximum atomic E-state index is 12.3. The molecule has 110 valence electrons. The summed E-state index contributed by atoms with van der Waals surface area (Å²) < 4.78 is 12.0. The van der Waals surface area contributed by atoms with Gasteiger partial charge in [0.05, 0.1) is 14.2 Å². The molecule has 2 rings (SSSR count). The molecule has 0 aliphatic heterocycles. The van der Waals surface area contributed by atoms with Crippen LogP contribution in [-0.2, 0) is 0 Å². The first-order valence-corrected chi connectivity index (χ1v) is 7.61. The number of anilines is 1. The van der Waals surface area contributed by atoms with Crippen LogP contribution in [-0.4, -0.2) is 20.1 Å². The second kappa shape index (κ2) is 6.95. The lowest BCUT2D eigenvalue weighted by Gasteiger charge is -2.10. The molecule has 2 aromatic carbocycles. The highest BCUT2D eigenvalue weighted by Crippen LogP contribution is 2.27. The Kier molecular flexibility index (Phi) is 5.25. The molecule has 0 atom stereocenters. The van der Waals surface area contributed by atoms with Crippen LogP contribution in [0.3, 0.4) is 0 Å². The molecular weight excluding hydrogens is 402 g/mol. The molecule has 21 heavy (non-hydrogen) atoms. The number of carbonyl (C=O) groups is 1. The van der Waals surface area contributed by atoms with E-state index in [1.165, 1.54) is 0 Å². The third-order valence-corrected chi connectivity index (χ3v) is 3.65. The van der Waals surface area contributed by atoms with Crippen molar-refractivity contribution in [3.63, 3.8) is 0 Å². The lowest BCUT2D eigenvalue weighted by atomic mass is 10.2. The SMILES string of the molecule is COc1cc(NC(=O)c2cc(Br)cc(Br)c2)cc(OC)c1. The summed E-state index contributed by atoms with van der Waals surface area (Å²) in [6, 6.07) is 10.6. The summed E-state index contributed by atoms with van der Waals surface area (Å²) in [5.74, 6) is 1.01. The molecule has 0 unspecified atom stereocenters. The van der Waals surface area contributed by atoms with Gasteiger partial charge < -0.3 is 14.8 Å². The second-order valence-corrected chi connectivity index (χ2v) is 6.04. The summed E-state index contributed by atoms with van der Waals surface area (Å²) in [5.41, 5.74) is 1.14. The zero-order valence-corrected chi connectivity index (χ0v) is 14.6. The predicted octanol–water partition coefficient (Wildman–Crippen LogP) is 4.48. The van der Waals surface area contributed by atoms with Crippen LogP contribution in [0, 0.1) is 0 Å². The van der Waals surface area contributed by atoms with E-state index in [0.717, 1.165) is 8.95 Å². The van der Waals surface area contributed by atoms with Crippen molar-refractivity contribution in [1.82, 2.24) is 0 Å². The molecule has 6 heteroatoms. The lowest BCUT2D eigenvalue weighted by Crippen LogP contribution is -2.12. The van der Waals surface area contributed by atoms with Gasteiger partial charge in [-0.25, -0.2) is 0 Å². The Morgan fingerprint density at radius 2 is 1.43 bits per heavy atom. The molecule has 0 aliphatic carbocycles. The third kappa shape index (κ3) is 4.22. The summed E-state index contributed by atoms with van der Waals surface area (Å²) in [7, 11) is 3.12. The maximum absolute atomic E-state index is 12.3. The van der Waals surface area contributed by atoms with Gasteiger partial charge in [0.25, 0.3) is 5.91 Å². The van der Waals surface area contributed by atoms with E-state index < -0.39 is 0 Å². The number of rotatable bonds is 4. The van der Waals surface area contributed by atoms with Crippen LogP contribution >= 0.6 is 31.9 Å². The van der Waals surface area contributed by atoms with Gasteiger partial charge in [0.1, 0.15) is 11.5 Å². The molecule has 0 spiro atoms. The minimum Gasteiger partial charge on any atom is -0.497 e. The Bertz CT molecular complexity index is 631. The summed E-state index contributed by atoms with van der Waals surface area (Å²) >= 11 is 6.72. The molecule has 2 aromatic rings. The molecule has 0 aliphatic rings. The number of benzene rings is 2. The van der Waals surface area contributed by atoms with Crippen LogP contribution in [0.1, 0.15) is 10.4 Å². The fourth-order valence-corrected chi connectivity index (χ4v) is 3.06. The molecule has 0 saturated carbocycles. The van der Waals surface area contributed by atoms with Gasteiger partial charge in [0, 0.05) is 38.4 Å². The summed E-state index contributed by atoms with van der Waals surface area (Å²) in [6.07, 6.45) is 0. The average molecular weight is 415 g/mol. The molecule has 4 nitrogen and oxygen atoms in total. The number of methoxy groups -OCH3 is 2. The monoisotopic (exact) mass is 413 g/mol. The van der Waals surface area contributed by atoms with Crippen molar-refractivity contribution in [3.05, 3.63) is 50.9 Å². The second-order valence-electron chi connectivity index (χ2n) is 4.21. The van der Waals surface area contributed by atoms with Crippen molar-refractivity contribution in [2.75, 3.05) is 19.5 Å². The van der Waals surface area contributed by atoms with E-state index in [1.807, 2.05) is 6.07 Å². The van der Waals surface area contributed by atoms with Gasteiger partial charge in [-0.05, 0) is 18.2 Å². The number of amides is 1. The highest BCUT2D eigenvalue weighted by atomic mass is 79.9. The fourth-order valence-electron chi connectivity index (χ4n) is 1.77. The fraction of sp³-hybridized carbons (Fsp3) is 0.133. The normalized spacial score (nSPS) is 10.1. The quantitative estimate of drug-likeness (QED) is 0.802. The van der Waals surface area contributed by atoms with Gasteiger partial charge in [0.15, 0.2) is 0 Å². The van der Waals surface area contributed by atoms with Crippen LogP contribution in [0.5, 0.6) is 11.5 Å². The molecule has 1 N–H and O–H groups in total. The van der Waals surface area contributed by atoms with Crippen molar-refractivity contribution in [2.45, 2.75) is 0 Å². The van der Waals surface area contributed by atoms with E-state index in [0.29, 0.717) is 22.7 Å². The number of halogens is 2. The van der Waals surface area contributed by atoms with E-state index in [1.54, 1.807) is 44.6 Å². The van der Waals surface area contributed by atoms with E-state index in [9.17, 15) is 4.79 Å². The standard InChI is InChI=1S/C15H13Br2NO3/c1-20-13-6-12(7-14(8-13)21-2)18-15(19)9-3-10(16)5-11(17)4-9/h3-8H,1-2H3,(H,18,19). The van der Waals surface area contributed by atoms with E-state index in [2.05, 4.69) is 37.2 Å². The van der Waals surface area contributed by atoms with E-state index >= 15 is 0 Å². The van der Waals surface area contributed by atoms with Gasteiger partial charge in [-0.1, -0.05) is 31.9 Å². The topological polar surface area (TPSA) is 47.6 Å².